The second-order valence-electron chi connectivity index (χ2n) is 24.2. The van der Waals surface area contributed by atoms with E-state index < -0.39 is 0 Å². The summed E-state index contributed by atoms with van der Waals surface area (Å²) in [5, 5.41) is 51.6. The van der Waals surface area contributed by atoms with Gasteiger partial charge in [-0.3, -0.25) is 9.59 Å². The van der Waals surface area contributed by atoms with Gasteiger partial charge in [0.1, 0.15) is 24.7 Å². The lowest BCUT2D eigenvalue weighted by Crippen LogP contribution is -2.18. The topological polar surface area (TPSA) is 250 Å². The zero-order chi connectivity index (χ0) is 62.0. The van der Waals surface area contributed by atoms with Crippen LogP contribution in [-0.4, -0.2) is 119 Å². The second-order valence-corrected chi connectivity index (χ2v) is 24.2. The molecule has 0 unspecified atom stereocenters. The molecule has 10 heterocycles. The molecule has 12 rings (SSSR count). The first kappa shape index (κ1) is 60.1. The highest BCUT2D eigenvalue weighted by Crippen LogP contribution is 2.49. The van der Waals surface area contributed by atoms with Gasteiger partial charge in [-0.15, -0.1) is 0 Å². The van der Waals surface area contributed by atoms with Crippen LogP contribution in [0.15, 0.2) is 213 Å². The minimum absolute atomic E-state index is 0.0592. The fraction of sp³-hybridized carbons (Fsp3) is 0.429. The fourth-order valence-corrected chi connectivity index (χ4v) is 14.2. The molecule has 18 heteroatoms. The summed E-state index contributed by atoms with van der Waals surface area (Å²) in [7, 11) is 0. The Morgan fingerprint density at radius 1 is 0.489 bits per heavy atom. The van der Waals surface area contributed by atoms with Crippen LogP contribution in [0.2, 0.25) is 0 Å². The Bertz CT molecular complexity index is 3690. The summed E-state index contributed by atoms with van der Waals surface area (Å²) in [5.41, 5.74) is 25.3. The molecule has 12 aliphatic rings. The summed E-state index contributed by atoms with van der Waals surface area (Å²) in [5.74, 6) is -0.549. The van der Waals surface area contributed by atoms with Crippen molar-refractivity contribution in [2.24, 2.45) is 53.6 Å². The fourth-order valence-electron chi connectivity index (χ4n) is 14.2. The third-order valence-electron chi connectivity index (χ3n) is 19.4. The van der Waals surface area contributed by atoms with Gasteiger partial charge in [0.05, 0.1) is 108 Å². The standard InChI is InChI=1S/C70H78N8O10/c1-11-41-33(3)51-27-59-47(31-79)37(7)49(73-59)25-53-35(5)43(67(75-53)45-23-61(81)65-39(9)55(77-69(45)65)29-57(41)71-51)13-15-63(83)87-21-19-85-17-18-86-20-22-88-64(84)16-14-44-36(6)54-26-50-38(8)48(32-80)60(74-50)28-52-34(4)42(12-2)58(72-52)30-56-40(10)66-62(82)24-46(68(44)76-54)70(66)78-56/h25-30,35-36,43-44,75-76,79-82H,11-24,31-32H2,1-10H3/t35-,36-,43-,44-/m0/s1. The average molecular weight is 1190 g/mol. The van der Waals surface area contributed by atoms with Gasteiger partial charge in [0, 0.05) is 106 Å². The number of aliphatic hydroxyl groups excluding tert-OH is 4. The van der Waals surface area contributed by atoms with Crippen LogP contribution in [0.25, 0.3) is 0 Å². The van der Waals surface area contributed by atoms with Crippen LogP contribution in [0.5, 0.6) is 0 Å². The van der Waals surface area contributed by atoms with Gasteiger partial charge < -0.3 is 50.0 Å². The van der Waals surface area contributed by atoms with E-state index in [0.29, 0.717) is 37.1 Å². The van der Waals surface area contributed by atoms with E-state index in [0.717, 1.165) is 171 Å². The largest absolute Gasteiger partial charge is 0.511 e. The molecular weight excluding hydrogens is 1110 g/mol. The summed E-state index contributed by atoms with van der Waals surface area (Å²) in [6.07, 6.45) is 15.4. The van der Waals surface area contributed by atoms with Crippen LogP contribution in [-0.2, 0) is 28.5 Å². The van der Waals surface area contributed by atoms with Gasteiger partial charge in [0.15, 0.2) is 0 Å². The number of nitrogens with zero attached hydrogens (tertiary/aromatic N) is 6. The van der Waals surface area contributed by atoms with E-state index in [1.54, 1.807) is 0 Å². The van der Waals surface area contributed by atoms with Crippen molar-refractivity contribution < 1.29 is 49.0 Å². The summed E-state index contributed by atoms with van der Waals surface area (Å²) >= 11 is 0. The van der Waals surface area contributed by atoms with Gasteiger partial charge in [0.25, 0.3) is 0 Å². The van der Waals surface area contributed by atoms with Crippen LogP contribution in [0.3, 0.4) is 0 Å². The molecule has 0 radical (unpaired) electrons. The van der Waals surface area contributed by atoms with Gasteiger partial charge in [-0.05, 0) is 148 Å². The maximum atomic E-state index is 13.4. The number of carbonyl (C=O) groups is 2. The molecule has 4 atom stereocenters. The van der Waals surface area contributed by atoms with Crippen molar-refractivity contribution in [1.82, 2.24) is 10.6 Å². The average Bonchev–Trinajstić information content (AvgIpc) is 1.82. The number of esters is 2. The molecule has 458 valence electrons. The molecule has 18 nitrogen and oxygen atoms in total. The van der Waals surface area contributed by atoms with Crippen LogP contribution < -0.4 is 10.6 Å². The third-order valence-corrected chi connectivity index (χ3v) is 19.4. The smallest absolute Gasteiger partial charge is 0.305 e. The third kappa shape index (κ3) is 10.7. The minimum Gasteiger partial charge on any atom is -0.511 e. The molecule has 2 saturated heterocycles. The monoisotopic (exact) mass is 1190 g/mol. The van der Waals surface area contributed by atoms with E-state index in [-0.39, 0.29) is 113 Å². The number of hydrogen-bond acceptors (Lipinski definition) is 18. The van der Waals surface area contributed by atoms with Crippen LogP contribution in [0, 0.1) is 23.7 Å². The molecule has 2 aliphatic carbocycles. The molecule has 0 aromatic carbocycles. The minimum atomic E-state index is -0.350. The molecule has 0 aromatic heterocycles. The Kier molecular flexibility index (Phi) is 16.7. The highest BCUT2D eigenvalue weighted by Gasteiger charge is 2.44. The van der Waals surface area contributed by atoms with Crippen molar-refractivity contribution in [1.29, 1.82) is 0 Å². The first-order chi connectivity index (χ1) is 42.4. The lowest BCUT2D eigenvalue weighted by molar-refractivity contribution is -0.147. The summed E-state index contributed by atoms with van der Waals surface area (Å²) < 4.78 is 22.8. The van der Waals surface area contributed by atoms with Crippen LogP contribution in [0.4, 0.5) is 0 Å². The number of carbonyl (C=O) groups excluding carboxylic acids is 2. The zero-order valence-corrected chi connectivity index (χ0v) is 52.0. The van der Waals surface area contributed by atoms with Crippen molar-refractivity contribution in [3.8, 4) is 0 Å². The molecule has 6 N–H and O–H groups in total. The number of fused-ring (bicyclic) bond motifs is 10. The molecule has 0 amide bonds. The first-order valence-electron chi connectivity index (χ1n) is 31.0. The highest BCUT2D eigenvalue weighted by atomic mass is 16.6. The Morgan fingerprint density at radius 2 is 0.841 bits per heavy atom. The quantitative estimate of drug-likeness (QED) is 0.0522. The number of aliphatic hydroxyl groups is 4. The van der Waals surface area contributed by atoms with Gasteiger partial charge >= 0.3 is 11.9 Å². The van der Waals surface area contributed by atoms with Gasteiger partial charge in [-0.2, -0.15) is 0 Å². The predicted octanol–water partition coefficient (Wildman–Crippen LogP) is 11.0. The number of rotatable bonds is 19. The predicted molar refractivity (Wildman–Crippen MR) is 340 cm³/mol. The van der Waals surface area contributed by atoms with Crippen molar-refractivity contribution in [3.05, 3.63) is 183 Å². The lowest BCUT2D eigenvalue weighted by Gasteiger charge is -2.17. The zero-order valence-electron chi connectivity index (χ0n) is 52.0. The second kappa shape index (κ2) is 24.4. The van der Waals surface area contributed by atoms with Crippen LogP contribution >= 0.6 is 0 Å². The first-order valence-corrected chi connectivity index (χ1v) is 31.0. The molecular formula is C70H78N8O10. The Morgan fingerprint density at radius 3 is 1.22 bits per heavy atom. The highest BCUT2D eigenvalue weighted by molar-refractivity contribution is 6.22. The molecule has 0 saturated carbocycles. The van der Waals surface area contributed by atoms with E-state index in [4.69, 9.17) is 48.9 Å². The number of nitrogens with one attached hydrogen (secondary N) is 2. The molecule has 88 heavy (non-hydrogen) atoms. The molecule has 0 spiro atoms. The Balaban J connectivity index is 0.630. The van der Waals surface area contributed by atoms with E-state index in [1.165, 1.54) is 0 Å². The van der Waals surface area contributed by atoms with Gasteiger partial charge in [-0.1, -0.05) is 27.7 Å². The van der Waals surface area contributed by atoms with Gasteiger partial charge in [-0.25, -0.2) is 30.0 Å². The van der Waals surface area contributed by atoms with E-state index >= 15 is 0 Å². The summed E-state index contributed by atoms with van der Waals surface area (Å²) in [6, 6.07) is 0. The van der Waals surface area contributed by atoms with Crippen molar-refractivity contribution in [2.75, 3.05) is 52.9 Å². The number of hydrogen-bond donors (Lipinski definition) is 6. The van der Waals surface area contributed by atoms with Gasteiger partial charge in [0.2, 0.25) is 0 Å². The molecule has 16 bridgehead atoms. The summed E-state index contributed by atoms with van der Waals surface area (Å²) in [4.78, 5) is 57.2. The maximum absolute atomic E-state index is 13.4. The van der Waals surface area contributed by atoms with Crippen LogP contribution in [0.1, 0.15) is 121 Å². The number of allylic oxidation sites excluding steroid dienone is 22. The molecule has 0 aromatic rings. The van der Waals surface area contributed by atoms with Crippen molar-refractivity contribution >= 4 is 46.2 Å². The number of aliphatic imine (C=N–C) groups is 6. The normalized spacial score (nSPS) is 24.4. The Hall–Kier alpha value is -8.16. The summed E-state index contributed by atoms with van der Waals surface area (Å²) in [6.45, 7) is 21.2. The molecule has 10 aliphatic heterocycles. The number of ether oxygens (including phenoxy) is 4. The van der Waals surface area contributed by atoms with Crippen molar-refractivity contribution in [2.45, 2.75) is 121 Å². The SMILES string of the molecule is CCC1=C(C)C2=NC1=CC1=C(C)C3=C(O)CC(=C4NC(=CC5=NC(=C2)C(CO)=C5C)[C@@H](C)[C@@H]4CCC(=O)OCCOCCOCCOC(=O)CC[C@@H]2C4=C5CC(O)=C6C5=NC(=C6C)C=C5N=C(C=C6N=C(C=C(N4)[C@H]2C)C(C)=C6CO)C(C)=C5CC)C3=N1. The lowest BCUT2D eigenvalue weighted by atomic mass is 9.86. The van der Waals surface area contributed by atoms with E-state index in [9.17, 15) is 30.0 Å². The maximum Gasteiger partial charge on any atom is 0.305 e. The van der Waals surface area contributed by atoms with E-state index in [2.05, 4.69) is 52.2 Å². The molecule has 2 fully saturated rings. The Labute approximate surface area is 513 Å². The van der Waals surface area contributed by atoms with E-state index in [1.807, 2.05) is 64.2 Å². The van der Waals surface area contributed by atoms with Crippen molar-refractivity contribution in [3.63, 3.8) is 0 Å².